The van der Waals surface area contributed by atoms with Gasteiger partial charge >= 0.3 is 6.36 Å². The van der Waals surface area contributed by atoms with Gasteiger partial charge in [0.05, 0.1) is 5.02 Å². The summed E-state index contributed by atoms with van der Waals surface area (Å²) in [5.41, 5.74) is 0.0376. The van der Waals surface area contributed by atoms with E-state index in [0.29, 0.717) is 0 Å². The molecule has 1 N–H and O–H groups in total. The maximum atomic E-state index is 12.2. The van der Waals surface area contributed by atoms with E-state index in [2.05, 4.69) is 9.46 Å². The Morgan fingerprint density at radius 2 is 1.61 bits per heavy atom. The molecule has 0 amide bonds. The molecule has 124 valence electrons. The summed E-state index contributed by atoms with van der Waals surface area (Å²) in [6.07, 6.45) is -4.82. The first-order valence-electron chi connectivity index (χ1n) is 5.90. The summed E-state index contributed by atoms with van der Waals surface area (Å²) in [4.78, 5) is -0.248. The van der Waals surface area contributed by atoms with Gasteiger partial charge in [-0.05, 0) is 42.5 Å². The van der Waals surface area contributed by atoms with Crippen molar-refractivity contribution in [3.8, 4) is 5.75 Å². The van der Waals surface area contributed by atoms with Crippen molar-refractivity contribution in [3.63, 3.8) is 0 Å². The van der Waals surface area contributed by atoms with Crippen molar-refractivity contribution < 1.29 is 26.3 Å². The molecule has 23 heavy (non-hydrogen) atoms. The average molecular weight is 386 g/mol. The molecule has 0 heterocycles. The van der Waals surface area contributed by atoms with Gasteiger partial charge in [0.25, 0.3) is 10.0 Å². The predicted molar refractivity (Wildman–Crippen MR) is 80.4 cm³/mol. The van der Waals surface area contributed by atoms with Crippen LogP contribution in [-0.4, -0.2) is 14.8 Å². The minimum Gasteiger partial charge on any atom is -0.406 e. The molecule has 0 spiro atoms. The third kappa shape index (κ3) is 4.92. The lowest BCUT2D eigenvalue weighted by Gasteiger charge is -2.11. The summed E-state index contributed by atoms with van der Waals surface area (Å²) in [5.74, 6) is -0.471. The van der Waals surface area contributed by atoms with Crippen LogP contribution in [0.4, 0.5) is 18.9 Å². The van der Waals surface area contributed by atoms with Crippen molar-refractivity contribution in [3.05, 3.63) is 52.5 Å². The van der Waals surface area contributed by atoms with Crippen LogP contribution in [0.15, 0.2) is 47.4 Å². The van der Waals surface area contributed by atoms with Crippen molar-refractivity contribution in [2.75, 3.05) is 4.72 Å². The first-order chi connectivity index (χ1) is 10.6. The standard InChI is InChI=1S/C13H8Cl2F3NO3S/c14-8-1-6-11(15)12(7-8)23(20,21)19-9-2-4-10(5-3-9)22-13(16,17)18/h1-7,19H. The first kappa shape index (κ1) is 17.7. The van der Waals surface area contributed by atoms with E-state index in [4.69, 9.17) is 23.2 Å². The van der Waals surface area contributed by atoms with Crippen molar-refractivity contribution in [2.24, 2.45) is 0 Å². The maximum Gasteiger partial charge on any atom is 0.573 e. The average Bonchev–Trinajstić information content (AvgIpc) is 2.42. The number of halogens is 5. The van der Waals surface area contributed by atoms with Crippen LogP contribution in [0, 0.1) is 0 Å². The number of nitrogens with one attached hydrogen (secondary N) is 1. The van der Waals surface area contributed by atoms with Crippen molar-refractivity contribution >= 4 is 38.9 Å². The molecule has 0 unspecified atom stereocenters. The lowest BCUT2D eigenvalue weighted by molar-refractivity contribution is -0.274. The maximum absolute atomic E-state index is 12.2. The minimum atomic E-state index is -4.82. The van der Waals surface area contributed by atoms with E-state index >= 15 is 0 Å². The molecule has 0 aromatic heterocycles. The second-order valence-electron chi connectivity index (χ2n) is 4.25. The second-order valence-corrected chi connectivity index (χ2v) is 6.75. The van der Waals surface area contributed by atoms with E-state index in [0.717, 1.165) is 30.3 Å². The number of hydrogen-bond acceptors (Lipinski definition) is 3. The van der Waals surface area contributed by atoms with E-state index in [1.165, 1.54) is 12.1 Å². The highest BCUT2D eigenvalue weighted by molar-refractivity contribution is 7.92. The topological polar surface area (TPSA) is 55.4 Å². The van der Waals surface area contributed by atoms with Gasteiger partial charge in [-0.1, -0.05) is 23.2 Å². The Hall–Kier alpha value is -1.64. The highest BCUT2D eigenvalue weighted by atomic mass is 35.5. The van der Waals surface area contributed by atoms with Crippen LogP contribution in [0.3, 0.4) is 0 Å². The lowest BCUT2D eigenvalue weighted by Crippen LogP contribution is -2.17. The molecule has 0 aliphatic heterocycles. The Bertz CT molecular complexity index is 808. The fourth-order valence-electron chi connectivity index (χ4n) is 1.62. The molecule has 0 saturated heterocycles. The Morgan fingerprint density at radius 3 is 2.17 bits per heavy atom. The summed E-state index contributed by atoms with van der Waals surface area (Å²) in [6, 6.07) is 8.10. The molecule has 0 fully saturated rings. The zero-order chi connectivity index (χ0) is 17.3. The molecule has 10 heteroatoms. The van der Waals surface area contributed by atoms with Crippen LogP contribution in [-0.2, 0) is 10.0 Å². The van der Waals surface area contributed by atoms with Gasteiger partial charge in [-0.25, -0.2) is 8.42 Å². The van der Waals surface area contributed by atoms with Gasteiger partial charge in [-0.2, -0.15) is 0 Å². The first-order valence-corrected chi connectivity index (χ1v) is 8.14. The van der Waals surface area contributed by atoms with Crippen LogP contribution in [0.2, 0.25) is 10.0 Å². The van der Waals surface area contributed by atoms with Gasteiger partial charge in [-0.3, -0.25) is 4.72 Å². The van der Waals surface area contributed by atoms with Crippen molar-refractivity contribution in [2.45, 2.75) is 11.3 Å². The molecule has 0 saturated carbocycles. The quantitative estimate of drug-likeness (QED) is 0.830. The Balaban J connectivity index is 2.22. The van der Waals surface area contributed by atoms with Gasteiger partial charge in [0.15, 0.2) is 0 Å². The second kappa shape index (κ2) is 6.46. The van der Waals surface area contributed by atoms with Gasteiger partial charge in [-0.15, -0.1) is 13.2 Å². The minimum absolute atomic E-state index is 0.0376. The molecule has 0 radical (unpaired) electrons. The molecule has 2 aromatic carbocycles. The molecule has 4 nitrogen and oxygen atoms in total. The summed E-state index contributed by atoms with van der Waals surface area (Å²) in [6.45, 7) is 0. The molecule has 2 rings (SSSR count). The number of sulfonamides is 1. The molecule has 0 atom stereocenters. The summed E-state index contributed by atoms with van der Waals surface area (Å²) < 4.78 is 66.5. The van der Waals surface area contributed by atoms with E-state index in [1.54, 1.807) is 0 Å². The van der Waals surface area contributed by atoms with E-state index in [1.807, 2.05) is 0 Å². The van der Waals surface area contributed by atoms with Gasteiger partial charge in [0, 0.05) is 10.7 Å². The Morgan fingerprint density at radius 1 is 1.00 bits per heavy atom. The molecule has 0 aliphatic rings. The number of ether oxygens (including phenoxy) is 1. The van der Waals surface area contributed by atoms with E-state index in [-0.39, 0.29) is 20.6 Å². The number of alkyl halides is 3. The fraction of sp³-hybridized carbons (Fsp3) is 0.0769. The SMILES string of the molecule is O=S(=O)(Nc1ccc(OC(F)(F)F)cc1)c1cc(Cl)ccc1Cl. The largest absolute Gasteiger partial charge is 0.573 e. The van der Waals surface area contributed by atoms with Crippen LogP contribution < -0.4 is 9.46 Å². The summed E-state index contributed by atoms with van der Waals surface area (Å²) >= 11 is 11.6. The Kier molecular flexibility index (Phi) is 4.98. The van der Waals surface area contributed by atoms with Crippen LogP contribution in [0.5, 0.6) is 5.75 Å². The highest BCUT2D eigenvalue weighted by Gasteiger charge is 2.31. The van der Waals surface area contributed by atoms with Crippen molar-refractivity contribution in [1.29, 1.82) is 0 Å². The zero-order valence-electron chi connectivity index (χ0n) is 11.1. The molecule has 0 bridgehead atoms. The fourth-order valence-corrected chi connectivity index (χ4v) is 3.44. The van der Waals surface area contributed by atoms with Crippen LogP contribution >= 0.6 is 23.2 Å². The normalized spacial score (nSPS) is 12.0. The van der Waals surface area contributed by atoms with Crippen molar-refractivity contribution in [1.82, 2.24) is 0 Å². The van der Waals surface area contributed by atoms with Crippen LogP contribution in [0.1, 0.15) is 0 Å². The number of hydrogen-bond donors (Lipinski definition) is 1. The van der Waals surface area contributed by atoms with Gasteiger partial charge in [0.2, 0.25) is 0 Å². The summed E-state index contributed by atoms with van der Waals surface area (Å²) in [7, 11) is -4.04. The third-order valence-corrected chi connectivity index (χ3v) is 4.62. The lowest BCUT2D eigenvalue weighted by atomic mass is 10.3. The molecular formula is C13H8Cl2F3NO3S. The Labute approximate surface area is 139 Å². The molecule has 2 aromatic rings. The van der Waals surface area contributed by atoms with Gasteiger partial charge in [0.1, 0.15) is 10.6 Å². The van der Waals surface area contributed by atoms with Gasteiger partial charge < -0.3 is 4.74 Å². The summed E-state index contributed by atoms with van der Waals surface area (Å²) in [5, 5.41) is 0.127. The molecule has 0 aliphatic carbocycles. The smallest absolute Gasteiger partial charge is 0.406 e. The van der Waals surface area contributed by atoms with Crippen LogP contribution in [0.25, 0.3) is 0 Å². The monoisotopic (exact) mass is 385 g/mol. The number of anilines is 1. The number of benzene rings is 2. The third-order valence-electron chi connectivity index (χ3n) is 2.52. The van der Waals surface area contributed by atoms with E-state index in [9.17, 15) is 21.6 Å². The van der Waals surface area contributed by atoms with E-state index < -0.39 is 22.1 Å². The zero-order valence-corrected chi connectivity index (χ0v) is 13.4. The number of rotatable bonds is 4. The predicted octanol–water partition coefficient (Wildman–Crippen LogP) is 4.69. The molecular weight excluding hydrogens is 378 g/mol. The highest BCUT2D eigenvalue weighted by Crippen LogP contribution is 2.28.